The van der Waals surface area contributed by atoms with Crippen LogP contribution in [0, 0.1) is 5.92 Å². The van der Waals surface area contributed by atoms with Gasteiger partial charge in [-0.3, -0.25) is 0 Å². The van der Waals surface area contributed by atoms with E-state index in [0.717, 1.165) is 12.8 Å². The van der Waals surface area contributed by atoms with Crippen LogP contribution in [0.25, 0.3) is 10.4 Å². The Bertz CT molecular complexity index is 451. The Balaban J connectivity index is 2.14. The highest BCUT2D eigenvalue weighted by molar-refractivity contribution is 5.88. The number of hydrogen-bond donors (Lipinski definition) is 0. The van der Waals surface area contributed by atoms with Crippen LogP contribution in [0.1, 0.15) is 45.4 Å². The van der Waals surface area contributed by atoms with Crippen LogP contribution < -0.4 is 0 Å². The van der Waals surface area contributed by atoms with Crippen molar-refractivity contribution < 1.29 is 14.3 Å². The highest BCUT2D eigenvalue weighted by Gasteiger charge is 2.34. The average Bonchev–Trinajstić information content (AvgIpc) is 2.51. The van der Waals surface area contributed by atoms with Crippen molar-refractivity contribution >= 4 is 5.97 Å². The summed E-state index contributed by atoms with van der Waals surface area (Å²) in [7, 11) is 1.36. The molecule has 3 atom stereocenters. The van der Waals surface area contributed by atoms with Crippen molar-refractivity contribution in [3.8, 4) is 0 Å². The van der Waals surface area contributed by atoms with Gasteiger partial charge in [0.1, 0.15) is 0 Å². The quantitative estimate of drug-likeness (QED) is 0.344. The number of methoxy groups -OCH3 is 1. The van der Waals surface area contributed by atoms with Gasteiger partial charge in [-0.25, -0.2) is 4.79 Å². The van der Waals surface area contributed by atoms with E-state index in [1.807, 2.05) is 13.0 Å². The molecule has 0 spiro atoms. The smallest absolute Gasteiger partial charge is 0.333 e. The van der Waals surface area contributed by atoms with Crippen molar-refractivity contribution in [3.05, 3.63) is 22.1 Å². The third-order valence-corrected chi connectivity index (χ3v) is 4.47. The van der Waals surface area contributed by atoms with Crippen LogP contribution in [0.4, 0.5) is 0 Å². The first-order valence-electron chi connectivity index (χ1n) is 7.64. The molecule has 0 saturated heterocycles. The zero-order valence-electron chi connectivity index (χ0n) is 12.7. The van der Waals surface area contributed by atoms with Crippen molar-refractivity contribution in [3.63, 3.8) is 0 Å². The van der Waals surface area contributed by atoms with E-state index in [9.17, 15) is 4.79 Å². The topological polar surface area (TPSA) is 84.3 Å². The molecule has 1 saturated carbocycles. The third-order valence-electron chi connectivity index (χ3n) is 4.47. The molecule has 2 unspecified atom stereocenters. The number of carbonyl (C=O) groups excluding carboxylic acids is 1. The fraction of sp³-hybridized carbons (Fsp3) is 0.800. The van der Waals surface area contributed by atoms with E-state index in [1.165, 1.54) is 26.4 Å². The molecular formula is C15H23N3O3. The normalized spacial score (nSPS) is 30.2. The van der Waals surface area contributed by atoms with Crippen LogP contribution in [-0.2, 0) is 14.3 Å². The predicted molar refractivity (Wildman–Crippen MR) is 78.6 cm³/mol. The second kappa shape index (κ2) is 7.48. The second-order valence-electron chi connectivity index (χ2n) is 5.88. The van der Waals surface area contributed by atoms with E-state index in [2.05, 4.69) is 10.0 Å². The molecule has 0 radical (unpaired) electrons. The third kappa shape index (κ3) is 3.99. The van der Waals surface area contributed by atoms with Gasteiger partial charge in [-0.2, -0.15) is 0 Å². The minimum Gasteiger partial charge on any atom is -0.466 e. The fourth-order valence-electron chi connectivity index (χ4n) is 3.13. The predicted octanol–water partition coefficient (Wildman–Crippen LogP) is 3.52. The Morgan fingerprint density at radius 3 is 2.71 bits per heavy atom. The van der Waals surface area contributed by atoms with E-state index in [4.69, 9.17) is 15.0 Å². The Hall–Kier alpha value is -1.52. The minimum atomic E-state index is -0.364. The van der Waals surface area contributed by atoms with Gasteiger partial charge < -0.3 is 9.47 Å². The molecule has 116 valence electrons. The molecule has 2 aliphatic rings. The van der Waals surface area contributed by atoms with Crippen LogP contribution in [0.15, 0.2) is 16.8 Å². The summed E-state index contributed by atoms with van der Waals surface area (Å²) in [5.41, 5.74) is 9.26. The SMILES string of the molecule is COC(=O)C1=CC(OC2CCCCC2)[C@H](C)C(N=[N+]=[N-])C1. The van der Waals surface area contributed by atoms with Crippen LogP contribution in [0.5, 0.6) is 0 Å². The summed E-state index contributed by atoms with van der Waals surface area (Å²) in [6.45, 7) is 2.01. The Morgan fingerprint density at radius 1 is 1.38 bits per heavy atom. The number of rotatable bonds is 4. The lowest BCUT2D eigenvalue weighted by Gasteiger charge is -2.35. The maximum absolute atomic E-state index is 11.8. The molecule has 0 aromatic heterocycles. The summed E-state index contributed by atoms with van der Waals surface area (Å²) in [4.78, 5) is 14.7. The first kappa shape index (κ1) is 15.9. The van der Waals surface area contributed by atoms with Gasteiger partial charge in [0.05, 0.1) is 19.3 Å². The number of azide groups is 1. The molecule has 2 rings (SSSR count). The first-order valence-corrected chi connectivity index (χ1v) is 7.64. The highest BCUT2D eigenvalue weighted by atomic mass is 16.5. The van der Waals surface area contributed by atoms with Gasteiger partial charge in [0.2, 0.25) is 0 Å². The number of nitrogens with zero attached hydrogens (tertiary/aromatic N) is 3. The molecule has 0 N–H and O–H groups in total. The summed E-state index contributed by atoms with van der Waals surface area (Å²) in [6.07, 6.45) is 8.12. The van der Waals surface area contributed by atoms with Crippen molar-refractivity contribution in [2.24, 2.45) is 11.0 Å². The van der Waals surface area contributed by atoms with Gasteiger partial charge in [0.15, 0.2) is 0 Å². The van der Waals surface area contributed by atoms with Crippen LogP contribution in [-0.4, -0.2) is 31.3 Å². The van der Waals surface area contributed by atoms with Gasteiger partial charge in [-0.1, -0.05) is 31.3 Å². The lowest BCUT2D eigenvalue weighted by atomic mass is 9.84. The largest absolute Gasteiger partial charge is 0.466 e. The van der Waals surface area contributed by atoms with Crippen LogP contribution in [0.3, 0.4) is 0 Å². The van der Waals surface area contributed by atoms with Gasteiger partial charge in [0.25, 0.3) is 0 Å². The summed E-state index contributed by atoms with van der Waals surface area (Å²) in [5, 5.41) is 3.83. The van der Waals surface area contributed by atoms with Crippen molar-refractivity contribution in [1.82, 2.24) is 0 Å². The van der Waals surface area contributed by atoms with Crippen molar-refractivity contribution in [2.75, 3.05) is 7.11 Å². The highest BCUT2D eigenvalue weighted by Crippen LogP contribution is 2.32. The molecule has 21 heavy (non-hydrogen) atoms. The van der Waals surface area contributed by atoms with Gasteiger partial charge >= 0.3 is 5.97 Å². The molecule has 0 aliphatic heterocycles. The maximum atomic E-state index is 11.8. The van der Waals surface area contributed by atoms with E-state index in [0.29, 0.717) is 12.0 Å². The molecule has 0 amide bonds. The molecule has 0 aromatic rings. The molecule has 1 fully saturated rings. The van der Waals surface area contributed by atoms with Gasteiger partial charge in [-0.15, -0.1) is 0 Å². The monoisotopic (exact) mass is 293 g/mol. The summed E-state index contributed by atoms with van der Waals surface area (Å²) < 4.78 is 11.0. The number of esters is 1. The number of hydrogen-bond acceptors (Lipinski definition) is 4. The van der Waals surface area contributed by atoms with Crippen molar-refractivity contribution in [2.45, 2.75) is 63.7 Å². The molecule has 0 aromatic carbocycles. The lowest BCUT2D eigenvalue weighted by molar-refractivity contribution is -0.136. The van der Waals surface area contributed by atoms with E-state index < -0.39 is 0 Å². The number of carbonyl (C=O) groups is 1. The zero-order chi connectivity index (χ0) is 15.2. The second-order valence-corrected chi connectivity index (χ2v) is 5.88. The molecule has 6 nitrogen and oxygen atoms in total. The maximum Gasteiger partial charge on any atom is 0.333 e. The Morgan fingerprint density at radius 2 is 2.10 bits per heavy atom. The van der Waals surface area contributed by atoms with Crippen LogP contribution in [0.2, 0.25) is 0 Å². The average molecular weight is 293 g/mol. The minimum absolute atomic E-state index is 0.0660. The summed E-state index contributed by atoms with van der Waals surface area (Å²) in [5.74, 6) is -0.298. The lowest BCUT2D eigenvalue weighted by Crippen LogP contribution is -2.37. The standard InChI is InChI=1S/C15H23N3O3/c1-10-13(17-18-16)8-11(15(19)20-2)9-14(10)21-12-6-4-3-5-7-12/h9-10,12-14H,3-8H2,1-2H3/t10-,13?,14?/m1/s1. The summed E-state index contributed by atoms with van der Waals surface area (Å²) in [6, 6.07) is -0.261. The Labute approximate surface area is 125 Å². The van der Waals surface area contributed by atoms with Gasteiger partial charge in [-0.05, 0) is 36.8 Å². The summed E-state index contributed by atoms with van der Waals surface area (Å²) >= 11 is 0. The molecular weight excluding hydrogens is 270 g/mol. The van der Waals surface area contributed by atoms with E-state index >= 15 is 0 Å². The first-order chi connectivity index (χ1) is 10.2. The molecule has 6 heteroatoms. The van der Waals surface area contributed by atoms with Crippen molar-refractivity contribution in [1.29, 1.82) is 0 Å². The van der Waals surface area contributed by atoms with E-state index in [1.54, 1.807) is 0 Å². The van der Waals surface area contributed by atoms with Crippen LogP contribution >= 0.6 is 0 Å². The van der Waals surface area contributed by atoms with Gasteiger partial charge in [0, 0.05) is 16.5 Å². The van der Waals surface area contributed by atoms with E-state index in [-0.39, 0.29) is 30.1 Å². The fourth-order valence-corrected chi connectivity index (χ4v) is 3.13. The molecule has 2 aliphatic carbocycles. The zero-order valence-corrected chi connectivity index (χ0v) is 12.7. The Kier molecular flexibility index (Phi) is 5.65. The molecule has 0 bridgehead atoms. The molecule has 0 heterocycles. The number of ether oxygens (including phenoxy) is 2.